The number of halogens is 3. The van der Waals surface area contributed by atoms with Gasteiger partial charge in [-0.05, 0) is 23.8 Å². The summed E-state index contributed by atoms with van der Waals surface area (Å²) in [6, 6.07) is 8.40. The predicted octanol–water partition coefficient (Wildman–Crippen LogP) is 3.22. The Morgan fingerprint density at radius 2 is 1.73 bits per heavy atom. The van der Waals surface area contributed by atoms with E-state index in [0.717, 1.165) is 17.0 Å². The van der Waals surface area contributed by atoms with Crippen molar-refractivity contribution >= 4 is 23.1 Å². The second-order valence-electron chi connectivity index (χ2n) is 5.37. The van der Waals surface area contributed by atoms with Gasteiger partial charge in [-0.25, -0.2) is 0 Å². The lowest BCUT2D eigenvalue weighted by Gasteiger charge is -2.17. The van der Waals surface area contributed by atoms with Gasteiger partial charge in [-0.3, -0.25) is 19.7 Å². The van der Waals surface area contributed by atoms with Gasteiger partial charge in [-0.1, -0.05) is 12.1 Å². The van der Waals surface area contributed by atoms with E-state index in [1.807, 2.05) is 0 Å². The topological polar surface area (TPSA) is 89.8 Å². The fourth-order valence-electron chi connectivity index (χ4n) is 2.54. The zero-order chi connectivity index (χ0) is 19.1. The fraction of sp³-hybridized carbons (Fsp3) is 0.125. The number of anilines is 1. The molecule has 0 spiro atoms. The molecule has 0 bridgehead atoms. The van der Waals surface area contributed by atoms with Crippen LogP contribution in [0.2, 0.25) is 0 Å². The molecule has 0 radical (unpaired) electrons. The number of nitro groups is 1. The first-order chi connectivity index (χ1) is 12.2. The van der Waals surface area contributed by atoms with Gasteiger partial charge >= 0.3 is 6.36 Å². The van der Waals surface area contributed by atoms with Crippen LogP contribution in [-0.2, 0) is 11.3 Å². The third-order valence-corrected chi connectivity index (χ3v) is 3.66. The molecule has 3 rings (SSSR count). The number of benzene rings is 2. The average Bonchev–Trinajstić information content (AvgIpc) is 2.79. The zero-order valence-corrected chi connectivity index (χ0v) is 12.8. The highest BCUT2D eigenvalue weighted by molar-refractivity contribution is 6.52. The molecule has 134 valence electrons. The highest BCUT2D eigenvalue weighted by Gasteiger charge is 2.37. The number of non-ortho nitro benzene ring substituents is 1. The van der Waals surface area contributed by atoms with Crippen LogP contribution in [0.3, 0.4) is 0 Å². The largest absolute Gasteiger partial charge is 0.573 e. The number of ketones is 1. The van der Waals surface area contributed by atoms with E-state index in [4.69, 9.17) is 0 Å². The number of hydrogen-bond donors (Lipinski definition) is 0. The van der Waals surface area contributed by atoms with E-state index in [9.17, 15) is 32.9 Å². The monoisotopic (exact) mass is 366 g/mol. The molecule has 1 heterocycles. The number of Topliss-reactive ketones (excluding diaryl/α,β-unsaturated/α-hetero) is 1. The average molecular weight is 366 g/mol. The lowest BCUT2D eigenvalue weighted by molar-refractivity contribution is -0.384. The molecule has 2 aromatic carbocycles. The van der Waals surface area contributed by atoms with Gasteiger partial charge in [0.25, 0.3) is 17.4 Å². The molecule has 0 saturated carbocycles. The Morgan fingerprint density at radius 1 is 1.08 bits per heavy atom. The first-order valence-electron chi connectivity index (χ1n) is 7.15. The van der Waals surface area contributed by atoms with Crippen LogP contribution in [0.4, 0.5) is 24.5 Å². The number of fused-ring (bicyclic) bond motifs is 1. The third-order valence-electron chi connectivity index (χ3n) is 3.66. The van der Waals surface area contributed by atoms with E-state index >= 15 is 0 Å². The molecule has 0 aliphatic carbocycles. The SMILES string of the molecule is O=C1C(=O)N(Cc2ccc([N+](=O)[O-])cc2)c2ccc(OC(F)(F)F)cc21. The molecule has 0 N–H and O–H groups in total. The number of nitro benzene ring substituents is 1. The minimum Gasteiger partial charge on any atom is -0.406 e. The van der Waals surface area contributed by atoms with Crippen LogP contribution in [0.15, 0.2) is 42.5 Å². The van der Waals surface area contributed by atoms with E-state index in [2.05, 4.69) is 4.74 Å². The van der Waals surface area contributed by atoms with Gasteiger partial charge in [0.15, 0.2) is 0 Å². The van der Waals surface area contributed by atoms with Crippen LogP contribution in [0.25, 0.3) is 0 Å². The van der Waals surface area contributed by atoms with Gasteiger partial charge in [0.2, 0.25) is 0 Å². The summed E-state index contributed by atoms with van der Waals surface area (Å²) in [5.41, 5.74) is 0.332. The second-order valence-corrected chi connectivity index (χ2v) is 5.37. The number of rotatable bonds is 4. The fourth-order valence-corrected chi connectivity index (χ4v) is 2.54. The first kappa shape index (κ1) is 17.4. The lowest BCUT2D eigenvalue weighted by Crippen LogP contribution is -2.29. The van der Waals surface area contributed by atoms with Crippen LogP contribution in [-0.4, -0.2) is 23.0 Å². The molecule has 0 unspecified atom stereocenters. The van der Waals surface area contributed by atoms with Crippen LogP contribution in [0.5, 0.6) is 5.75 Å². The summed E-state index contributed by atoms with van der Waals surface area (Å²) < 4.78 is 40.6. The van der Waals surface area contributed by atoms with E-state index in [1.54, 1.807) is 0 Å². The molecule has 26 heavy (non-hydrogen) atoms. The maximum absolute atomic E-state index is 12.3. The minimum atomic E-state index is -4.92. The van der Waals surface area contributed by atoms with Crippen molar-refractivity contribution in [2.24, 2.45) is 0 Å². The van der Waals surface area contributed by atoms with Crippen LogP contribution in [0, 0.1) is 10.1 Å². The molecule has 1 aliphatic rings. The molecular formula is C16H9F3N2O5. The maximum Gasteiger partial charge on any atom is 0.573 e. The molecule has 0 saturated heterocycles. The molecular weight excluding hydrogens is 357 g/mol. The Labute approximate surface area is 143 Å². The maximum atomic E-state index is 12.3. The van der Waals surface area contributed by atoms with E-state index < -0.39 is 28.7 Å². The Bertz CT molecular complexity index is 909. The normalized spacial score (nSPS) is 13.7. The third kappa shape index (κ3) is 3.34. The highest BCUT2D eigenvalue weighted by atomic mass is 19.4. The van der Waals surface area contributed by atoms with E-state index in [1.165, 1.54) is 30.3 Å². The summed E-state index contributed by atoms with van der Waals surface area (Å²) in [6.07, 6.45) is -4.92. The zero-order valence-electron chi connectivity index (χ0n) is 12.8. The number of nitrogens with zero attached hydrogens (tertiary/aromatic N) is 2. The molecule has 0 fully saturated rings. The standard InChI is InChI=1S/C16H9F3N2O5/c17-16(18,19)26-11-5-6-13-12(7-11)14(22)15(23)20(13)8-9-1-3-10(4-2-9)21(24)25/h1-7H,8H2. The molecule has 2 aromatic rings. The smallest absolute Gasteiger partial charge is 0.406 e. The van der Waals surface area contributed by atoms with E-state index in [0.29, 0.717) is 5.56 Å². The summed E-state index contributed by atoms with van der Waals surface area (Å²) in [4.78, 5) is 35.4. The van der Waals surface area contributed by atoms with Crippen LogP contribution < -0.4 is 9.64 Å². The molecule has 0 aromatic heterocycles. The van der Waals surface area contributed by atoms with Crippen LogP contribution >= 0.6 is 0 Å². The number of ether oxygens (including phenoxy) is 1. The van der Waals surface area contributed by atoms with Crippen molar-refractivity contribution in [3.05, 3.63) is 63.7 Å². The molecule has 7 nitrogen and oxygen atoms in total. The number of alkyl halides is 3. The summed E-state index contributed by atoms with van der Waals surface area (Å²) in [6.45, 7) is -0.0605. The molecule has 10 heteroatoms. The number of carbonyl (C=O) groups excluding carboxylic acids is 2. The number of carbonyl (C=O) groups is 2. The Balaban J connectivity index is 1.88. The minimum absolute atomic E-state index is 0.0605. The quantitative estimate of drug-likeness (QED) is 0.471. The van der Waals surface area contributed by atoms with Crippen molar-refractivity contribution < 1.29 is 32.4 Å². The van der Waals surface area contributed by atoms with Crippen molar-refractivity contribution in [3.63, 3.8) is 0 Å². The highest BCUT2D eigenvalue weighted by Crippen LogP contribution is 2.35. The van der Waals surface area contributed by atoms with Crippen molar-refractivity contribution in [2.45, 2.75) is 12.9 Å². The van der Waals surface area contributed by atoms with Crippen molar-refractivity contribution in [1.82, 2.24) is 0 Å². The first-order valence-corrected chi connectivity index (χ1v) is 7.15. The van der Waals surface area contributed by atoms with Crippen molar-refractivity contribution in [1.29, 1.82) is 0 Å². The van der Waals surface area contributed by atoms with Crippen molar-refractivity contribution in [2.75, 3.05) is 4.90 Å². The van der Waals surface area contributed by atoms with Gasteiger partial charge in [0, 0.05) is 12.1 Å². The van der Waals surface area contributed by atoms with Gasteiger partial charge < -0.3 is 9.64 Å². The molecule has 1 amide bonds. The summed E-state index contributed by atoms with van der Waals surface area (Å²) in [7, 11) is 0. The van der Waals surface area contributed by atoms with Crippen LogP contribution in [0.1, 0.15) is 15.9 Å². The Hall–Kier alpha value is -3.43. The summed E-state index contributed by atoms with van der Waals surface area (Å²) in [5.74, 6) is -2.45. The number of hydrogen-bond acceptors (Lipinski definition) is 5. The summed E-state index contributed by atoms with van der Waals surface area (Å²) >= 11 is 0. The van der Waals surface area contributed by atoms with Gasteiger partial charge in [-0.2, -0.15) is 0 Å². The van der Waals surface area contributed by atoms with Gasteiger partial charge in [-0.15, -0.1) is 13.2 Å². The lowest BCUT2D eigenvalue weighted by atomic mass is 10.1. The van der Waals surface area contributed by atoms with Crippen molar-refractivity contribution in [3.8, 4) is 5.75 Å². The Morgan fingerprint density at radius 3 is 2.31 bits per heavy atom. The van der Waals surface area contributed by atoms with Gasteiger partial charge in [0.1, 0.15) is 5.75 Å². The summed E-state index contributed by atoms with van der Waals surface area (Å²) in [5, 5.41) is 10.7. The molecule has 1 aliphatic heterocycles. The number of amides is 1. The predicted molar refractivity (Wildman–Crippen MR) is 81.7 cm³/mol. The Kier molecular flexibility index (Phi) is 4.10. The molecule has 0 atom stereocenters. The second kappa shape index (κ2) is 6.14. The van der Waals surface area contributed by atoms with Gasteiger partial charge in [0.05, 0.1) is 22.7 Å². The van der Waals surface area contributed by atoms with E-state index in [-0.39, 0.29) is 23.5 Å².